The number of carbonyl (C=O) groups excluding carboxylic acids is 1. The van der Waals surface area contributed by atoms with Crippen molar-refractivity contribution in [3.63, 3.8) is 0 Å². The maximum absolute atomic E-state index is 12.0. The minimum absolute atomic E-state index is 0.0796. The fraction of sp³-hybridized carbons (Fsp3) is 0.783. The Kier molecular flexibility index (Phi) is 13.9. The van der Waals surface area contributed by atoms with Crippen molar-refractivity contribution in [3.8, 4) is 0 Å². The van der Waals surface area contributed by atoms with Crippen LogP contribution in [0.5, 0.6) is 0 Å². The summed E-state index contributed by atoms with van der Waals surface area (Å²) in [6.07, 6.45) is 18.0. The highest BCUT2D eigenvalue weighted by atomic mass is 16.5. The van der Waals surface area contributed by atoms with Gasteiger partial charge in [0.1, 0.15) is 6.61 Å². The Bertz CT molecular complexity index is 499. The Morgan fingerprint density at radius 3 is 2.52 bits per heavy atom. The zero-order valence-corrected chi connectivity index (χ0v) is 18.1. The third kappa shape index (κ3) is 10.9. The molecule has 4 N–H and O–H groups in total. The summed E-state index contributed by atoms with van der Waals surface area (Å²) in [6.45, 7) is 1.28. The van der Waals surface area contributed by atoms with E-state index < -0.39 is 11.4 Å². The van der Waals surface area contributed by atoms with Gasteiger partial charge in [-0.1, -0.05) is 69.2 Å². The first kappa shape index (κ1) is 25.8. The number of hydrogen-bond acceptors (Lipinski definition) is 5. The highest BCUT2D eigenvalue weighted by Crippen LogP contribution is 2.26. The lowest BCUT2D eigenvalue weighted by atomic mass is 9.87. The largest absolute Gasteiger partial charge is 0.394 e. The number of amides is 1. The minimum atomic E-state index is -1.07. The number of hydrogen-bond donors (Lipinski definition) is 4. The van der Waals surface area contributed by atoms with E-state index in [1.807, 2.05) is 0 Å². The van der Waals surface area contributed by atoms with Crippen molar-refractivity contribution in [2.75, 3.05) is 33.0 Å². The fourth-order valence-corrected chi connectivity index (χ4v) is 3.59. The molecule has 0 radical (unpaired) electrons. The van der Waals surface area contributed by atoms with E-state index in [0.717, 1.165) is 6.42 Å². The molecule has 1 unspecified atom stereocenters. The molecule has 168 valence electrons. The van der Waals surface area contributed by atoms with Gasteiger partial charge in [0.05, 0.1) is 32.0 Å². The molecule has 0 spiro atoms. The van der Waals surface area contributed by atoms with Gasteiger partial charge in [0.2, 0.25) is 5.91 Å². The van der Waals surface area contributed by atoms with Gasteiger partial charge >= 0.3 is 0 Å². The third-order valence-corrected chi connectivity index (χ3v) is 5.56. The molecule has 0 saturated carbocycles. The number of rotatable bonds is 17. The Hall–Kier alpha value is -1.21. The average Bonchev–Trinajstić information content (AvgIpc) is 2.74. The minimum Gasteiger partial charge on any atom is -0.394 e. The van der Waals surface area contributed by atoms with Gasteiger partial charge in [0, 0.05) is 0 Å². The van der Waals surface area contributed by atoms with Crippen molar-refractivity contribution in [1.82, 2.24) is 5.32 Å². The van der Waals surface area contributed by atoms with Crippen molar-refractivity contribution in [1.29, 1.82) is 0 Å². The van der Waals surface area contributed by atoms with Crippen molar-refractivity contribution < 1.29 is 24.9 Å². The van der Waals surface area contributed by atoms with E-state index >= 15 is 0 Å². The second-order valence-electron chi connectivity index (χ2n) is 8.11. The van der Waals surface area contributed by atoms with Crippen LogP contribution in [0.15, 0.2) is 23.8 Å². The highest BCUT2D eigenvalue weighted by molar-refractivity contribution is 5.78. The molecule has 1 rings (SSSR count). The lowest BCUT2D eigenvalue weighted by Crippen LogP contribution is -2.55. The van der Waals surface area contributed by atoms with E-state index in [2.05, 4.69) is 30.5 Å². The maximum atomic E-state index is 12.0. The number of unbranched alkanes of at least 4 members (excludes halogenated alkanes) is 5. The second kappa shape index (κ2) is 15.6. The Labute approximate surface area is 176 Å². The Balaban J connectivity index is 2.35. The van der Waals surface area contributed by atoms with Crippen LogP contribution in [0.4, 0.5) is 0 Å². The van der Waals surface area contributed by atoms with Crippen LogP contribution in [0.25, 0.3) is 0 Å². The average molecular weight is 412 g/mol. The first-order valence-corrected chi connectivity index (χ1v) is 11.2. The van der Waals surface area contributed by atoms with Gasteiger partial charge in [-0.15, -0.1) is 0 Å². The van der Waals surface area contributed by atoms with Crippen LogP contribution in [-0.2, 0) is 9.53 Å². The predicted octanol–water partition coefficient (Wildman–Crippen LogP) is 2.87. The smallest absolute Gasteiger partial charge is 0.246 e. The molecule has 0 aromatic heterocycles. The number of ether oxygens (including phenoxy) is 1. The summed E-state index contributed by atoms with van der Waals surface area (Å²) in [7, 11) is 0. The normalized spacial score (nSPS) is 16.7. The van der Waals surface area contributed by atoms with Crippen LogP contribution < -0.4 is 5.32 Å². The van der Waals surface area contributed by atoms with Gasteiger partial charge in [-0.25, -0.2) is 0 Å². The standard InChI is InChI=1S/C23H41NO5/c1-2-3-4-5-6-7-8-20-9-11-21(12-10-20)13-14-23(18-26,19-27)24-22(28)17-29-16-15-25/h9,11-12,20,25-27H,2-8,10,13-19H2,1H3,(H,24,28). The molecule has 0 aromatic rings. The van der Waals surface area contributed by atoms with Gasteiger partial charge in [0.25, 0.3) is 0 Å². The molecular weight excluding hydrogens is 370 g/mol. The van der Waals surface area contributed by atoms with Gasteiger partial charge in [-0.3, -0.25) is 4.79 Å². The Morgan fingerprint density at radius 1 is 1.17 bits per heavy atom. The summed E-state index contributed by atoms with van der Waals surface area (Å²) in [5.41, 5.74) is 0.116. The summed E-state index contributed by atoms with van der Waals surface area (Å²) in [4.78, 5) is 12.0. The van der Waals surface area contributed by atoms with E-state index in [1.54, 1.807) is 0 Å². The van der Waals surface area contributed by atoms with Gasteiger partial charge in [-0.2, -0.15) is 0 Å². The molecule has 6 heteroatoms. The molecule has 1 amide bonds. The van der Waals surface area contributed by atoms with Crippen LogP contribution >= 0.6 is 0 Å². The summed E-state index contributed by atoms with van der Waals surface area (Å²) in [6, 6.07) is 0. The molecule has 29 heavy (non-hydrogen) atoms. The molecule has 0 fully saturated rings. The molecule has 0 bridgehead atoms. The number of aliphatic hydroxyl groups is 3. The quantitative estimate of drug-likeness (QED) is 0.276. The number of allylic oxidation sites excluding steroid dienone is 4. The van der Waals surface area contributed by atoms with Gasteiger partial charge < -0.3 is 25.4 Å². The van der Waals surface area contributed by atoms with Gasteiger partial charge in [-0.05, 0) is 31.6 Å². The highest BCUT2D eigenvalue weighted by Gasteiger charge is 2.30. The number of nitrogens with one attached hydrogen (secondary N) is 1. The Morgan fingerprint density at radius 2 is 1.90 bits per heavy atom. The van der Waals surface area contributed by atoms with Crippen molar-refractivity contribution in [3.05, 3.63) is 23.8 Å². The predicted molar refractivity (Wildman–Crippen MR) is 116 cm³/mol. The van der Waals surface area contributed by atoms with Crippen LogP contribution in [0.1, 0.15) is 71.1 Å². The molecule has 0 heterocycles. The molecule has 1 atom stereocenters. The molecule has 0 aromatic carbocycles. The molecule has 0 aliphatic heterocycles. The lowest BCUT2D eigenvalue weighted by molar-refractivity contribution is -0.129. The molecule has 1 aliphatic rings. The number of aliphatic hydroxyl groups excluding tert-OH is 3. The SMILES string of the molecule is CCCCCCCCC1C=CC(CCC(CO)(CO)NC(=O)COCCO)=CC1. The topological polar surface area (TPSA) is 99.0 Å². The van der Waals surface area contributed by atoms with E-state index in [-0.39, 0.29) is 33.0 Å². The van der Waals surface area contributed by atoms with Crippen molar-refractivity contribution in [2.24, 2.45) is 5.92 Å². The summed E-state index contributed by atoms with van der Waals surface area (Å²) in [5.74, 6) is 0.197. The van der Waals surface area contributed by atoms with Crippen LogP contribution in [0.3, 0.4) is 0 Å². The van der Waals surface area contributed by atoms with E-state index in [1.165, 1.54) is 50.5 Å². The summed E-state index contributed by atoms with van der Waals surface area (Å²) >= 11 is 0. The summed E-state index contributed by atoms with van der Waals surface area (Å²) < 4.78 is 5.00. The van der Waals surface area contributed by atoms with Crippen LogP contribution in [0, 0.1) is 5.92 Å². The lowest BCUT2D eigenvalue weighted by Gasteiger charge is -2.31. The zero-order chi connectivity index (χ0) is 21.4. The van der Waals surface area contributed by atoms with E-state index in [9.17, 15) is 15.0 Å². The maximum Gasteiger partial charge on any atom is 0.246 e. The van der Waals surface area contributed by atoms with Crippen LogP contribution in [-0.4, -0.2) is 59.8 Å². The van der Waals surface area contributed by atoms with E-state index in [0.29, 0.717) is 18.8 Å². The van der Waals surface area contributed by atoms with Gasteiger partial charge in [0.15, 0.2) is 0 Å². The second-order valence-corrected chi connectivity index (χ2v) is 8.11. The molecular formula is C23H41NO5. The first-order chi connectivity index (χ1) is 14.1. The number of carbonyl (C=O) groups is 1. The zero-order valence-electron chi connectivity index (χ0n) is 18.1. The molecule has 1 aliphatic carbocycles. The van der Waals surface area contributed by atoms with Crippen LogP contribution in [0.2, 0.25) is 0 Å². The van der Waals surface area contributed by atoms with E-state index in [4.69, 9.17) is 9.84 Å². The third-order valence-electron chi connectivity index (χ3n) is 5.56. The molecule has 6 nitrogen and oxygen atoms in total. The van der Waals surface area contributed by atoms with Crippen molar-refractivity contribution in [2.45, 2.75) is 76.7 Å². The summed E-state index contributed by atoms with van der Waals surface area (Å²) in [5, 5.41) is 30.9. The first-order valence-electron chi connectivity index (χ1n) is 11.2. The monoisotopic (exact) mass is 411 g/mol. The fourth-order valence-electron chi connectivity index (χ4n) is 3.59. The molecule has 0 saturated heterocycles. The van der Waals surface area contributed by atoms with Crippen molar-refractivity contribution >= 4 is 5.91 Å².